The topological polar surface area (TPSA) is 12.9 Å². The highest BCUT2D eigenvalue weighted by molar-refractivity contribution is 5.26. The van der Waals surface area contributed by atoms with Crippen LogP contribution in [0.2, 0.25) is 0 Å². The molecule has 0 unspecified atom stereocenters. The van der Waals surface area contributed by atoms with Gasteiger partial charge in [0, 0.05) is 12.4 Å². The quantitative estimate of drug-likeness (QED) is 0.507. The minimum Gasteiger partial charge on any atom is -0.264 e. The van der Waals surface area contributed by atoms with E-state index in [1.807, 2.05) is 32.3 Å². The SMILES string of the molecule is C/C=c1/ccnc/c1=C/C. The Morgan fingerprint density at radius 1 is 1.20 bits per heavy atom. The number of rotatable bonds is 0. The molecule has 1 aromatic rings. The summed E-state index contributed by atoms with van der Waals surface area (Å²) in [6, 6.07) is 2.01. The Hall–Kier alpha value is -1.11. The Morgan fingerprint density at radius 3 is 2.40 bits per heavy atom. The molecule has 0 fully saturated rings. The van der Waals surface area contributed by atoms with Gasteiger partial charge in [-0.1, -0.05) is 12.2 Å². The van der Waals surface area contributed by atoms with Gasteiger partial charge in [-0.2, -0.15) is 0 Å². The second kappa shape index (κ2) is 3.16. The van der Waals surface area contributed by atoms with Crippen LogP contribution in [-0.4, -0.2) is 4.98 Å². The first-order valence-corrected chi connectivity index (χ1v) is 3.41. The molecule has 1 aromatic heterocycles. The standard InChI is InChI=1S/C9H11N/c1-3-8-5-6-10-7-9(8)4-2/h3-7H,1-2H3/b8-3-,9-4-. The number of hydrogen-bond acceptors (Lipinski definition) is 1. The van der Waals surface area contributed by atoms with Crippen molar-refractivity contribution in [3.8, 4) is 0 Å². The molecule has 0 aliphatic heterocycles. The van der Waals surface area contributed by atoms with E-state index >= 15 is 0 Å². The molecule has 0 aliphatic carbocycles. The molecule has 0 saturated carbocycles. The monoisotopic (exact) mass is 133 g/mol. The van der Waals surface area contributed by atoms with Gasteiger partial charge in [-0.25, -0.2) is 0 Å². The first-order valence-electron chi connectivity index (χ1n) is 3.41. The van der Waals surface area contributed by atoms with Crippen LogP contribution in [0.3, 0.4) is 0 Å². The predicted molar refractivity (Wildman–Crippen MR) is 43.8 cm³/mol. The Bertz CT molecular complexity index is 279. The van der Waals surface area contributed by atoms with E-state index in [9.17, 15) is 0 Å². The Morgan fingerprint density at radius 2 is 1.90 bits per heavy atom. The summed E-state index contributed by atoms with van der Waals surface area (Å²) in [6.45, 7) is 4.05. The van der Waals surface area contributed by atoms with Gasteiger partial charge in [0.15, 0.2) is 0 Å². The molecule has 0 aromatic carbocycles. The van der Waals surface area contributed by atoms with Gasteiger partial charge in [0.1, 0.15) is 0 Å². The van der Waals surface area contributed by atoms with Crippen LogP contribution in [-0.2, 0) is 0 Å². The van der Waals surface area contributed by atoms with Crippen molar-refractivity contribution in [3.05, 3.63) is 28.9 Å². The number of pyridine rings is 1. The van der Waals surface area contributed by atoms with Gasteiger partial charge in [0.2, 0.25) is 0 Å². The largest absolute Gasteiger partial charge is 0.264 e. The summed E-state index contributed by atoms with van der Waals surface area (Å²) in [5, 5.41) is 2.45. The lowest BCUT2D eigenvalue weighted by Crippen LogP contribution is -2.23. The average molecular weight is 133 g/mol. The molecule has 0 aliphatic rings. The van der Waals surface area contributed by atoms with Gasteiger partial charge in [-0.3, -0.25) is 4.98 Å². The van der Waals surface area contributed by atoms with Crippen molar-refractivity contribution in [2.45, 2.75) is 13.8 Å². The minimum absolute atomic E-state index is 1.20. The summed E-state index contributed by atoms with van der Waals surface area (Å²) >= 11 is 0. The smallest absolute Gasteiger partial charge is 0.0342 e. The lowest BCUT2D eigenvalue weighted by molar-refractivity contribution is 1.27. The molecule has 52 valence electrons. The van der Waals surface area contributed by atoms with Gasteiger partial charge in [-0.15, -0.1) is 0 Å². The van der Waals surface area contributed by atoms with E-state index in [1.165, 1.54) is 10.4 Å². The summed E-state index contributed by atoms with van der Waals surface area (Å²) in [7, 11) is 0. The predicted octanol–water partition coefficient (Wildman–Crippen LogP) is 0.682. The molecule has 1 nitrogen and oxygen atoms in total. The molecule has 0 atom stereocenters. The van der Waals surface area contributed by atoms with Crippen LogP contribution in [0.1, 0.15) is 13.8 Å². The molecule has 1 heterocycles. The second-order valence-corrected chi connectivity index (χ2v) is 2.08. The summed E-state index contributed by atoms with van der Waals surface area (Å²) in [6.07, 6.45) is 7.82. The third kappa shape index (κ3) is 1.24. The Balaban J connectivity index is 3.53. The lowest BCUT2D eigenvalue weighted by Gasteiger charge is -1.84. The maximum atomic E-state index is 4.01. The van der Waals surface area contributed by atoms with Gasteiger partial charge in [0.25, 0.3) is 0 Å². The number of nitrogens with zero attached hydrogens (tertiary/aromatic N) is 1. The van der Waals surface area contributed by atoms with Gasteiger partial charge in [0.05, 0.1) is 0 Å². The van der Waals surface area contributed by atoms with Crippen LogP contribution in [0.5, 0.6) is 0 Å². The van der Waals surface area contributed by atoms with Crippen LogP contribution in [0.15, 0.2) is 18.5 Å². The van der Waals surface area contributed by atoms with Gasteiger partial charge >= 0.3 is 0 Å². The molecule has 0 amide bonds. The zero-order valence-electron chi connectivity index (χ0n) is 6.33. The number of aromatic nitrogens is 1. The fourth-order valence-corrected chi connectivity index (χ4v) is 0.922. The second-order valence-electron chi connectivity index (χ2n) is 2.08. The van der Waals surface area contributed by atoms with Crippen molar-refractivity contribution >= 4 is 12.2 Å². The molecule has 0 bridgehead atoms. The molecule has 1 rings (SSSR count). The first-order chi connectivity index (χ1) is 4.88. The zero-order valence-corrected chi connectivity index (χ0v) is 6.33. The van der Waals surface area contributed by atoms with Crippen LogP contribution in [0.25, 0.3) is 12.2 Å². The minimum atomic E-state index is 1.20. The normalized spacial score (nSPS) is 14.2. The maximum Gasteiger partial charge on any atom is 0.0342 e. The molecule has 0 radical (unpaired) electrons. The van der Waals surface area contributed by atoms with Crippen LogP contribution >= 0.6 is 0 Å². The van der Waals surface area contributed by atoms with E-state index in [0.29, 0.717) is 0 Å². The van der Waals surface area contributed by atoms with Gasteiger partial charge in [-0.05, 0) is 30.4 Å². The first kappa shape index (κ1) is 7.00. The van der Waals surface area contributed by atoms with Crippen LogP contribution < -0.4 is 10.4 Å². The van der Waals surface area contributed by atoms with Crippen molar-refractivity contribution in [2.75, 3.05) is 0 Å². The van der Waals surface area contributed by atoms with E-state index in [-0.39, 0.29) is 0 Å². The third-order valence-electron chi connectivity index (χ3n) is 1.51. The Kier molecular flexibility index (Phi) is 2.21. The van der Waals surface area contributed by atoms with Crippen molar-refractivity contribution in [1.82, 2.24) is 4.98 Å². The summed E-state index contributed by atoms with van der Waals surface area (Å²) in [4.78, 5) is 4.01. The van der Waals surface area contributed by atoms with Crippen molar-refractivity contribution in [3.63, 3.8) is 0 Å². The van der Waals surface area contributed by atoms with E-state index in [4.69, 9.17) is 0 Å². The fraction of sp³-hybridized carbons (Fsp3) is 0.222. The molecule has 0 N–H and O–H groups in total. The van der Waals surface area contributed by atoms with E-state index in [0.717, 1.165) is 0 Å². The molecule has 10 heavy (non-hydrogen) atoms. The molecular weight excluding hydrogens is 122 g/mol. The highest BCUT2D eigenvalue weighted by Crippen LogP contribution is 1.64. The summed E-state index contributed by atoms with van der Waals surface area (Å²) < 4.78 is 0. The molecule has 1 heteroatoms. The molecule has 0 spiro atoms. The van der Waals surface area contributed by atoms with Crippen molar-refractivity contribution in [1.29, 1.82) is 0 Å². The number of hydrogen-bond donors (Lipinski definition) is 0. The Labute approximate surface area is 60.7 Å². The molecular formula is C9H11N. The van der Waals surface area contributed by atoms with E-state index < -0.39 is 0 Å². The molecule has 0 saturated heterocycles. The average Bonchev–Trinajstić information content (AvgIpc) is 2.04. The van der Waals surface area contributed by atoms with Crippen molar-refractivity contribution < 1.29 is 0 Å². The highest BCUT2D eigenvalue weighted by atomic mass is 14.6. The maximum absolute atomic E-state index is 4.01. The van der Waals surface area contributed by atoms with Crippen molar-refractivity contribution in [2.24, 2.45) is 0 Å². The van der Waals surface area contributed by atoms with E-state index in [2.05, 4.69) is 17.1 Å². The van der Waals surface area contributed by atoms with Crippen LogP contribution in [0.4, 0.5) is 0 Å². The summed E-state index contributed by atoms with van der Waals surface area (Å²) in [5.74, 6) is 0. The van der Waals surface area contributed by atoms with Gasteiger partial charge < -0.3 is 0 Å². The zero-order chi connectivity index (χ0) is 7.40. The summed E-state index contributed by atoms with van der Waals surface area (Å²) in [5.41, 5.74) is 0. The van der Waals surface area contributed by atoms with Crippen LogP contribution in [0, 0.1) is 0 Å². The fourth-order valence-electron chi connectivity index (χ4n) is 0.922. The lowest BCUT2D eigenvalue weighted by atomic mass is 10.3. The highest BCUT2D eigenvalue weighted by Gasteiger charge is 1.78. The third-order valence-corrected chi connectivity index (χ3v) is 1.51. The van der Waals surface area contributed by atoms with E-state index in [1.54, 1.807) is 0 Å².